The smallest absolute Gasteiger partial charge is 0.123 e. The Balaban J connectivity index is 2.79. The topological polar surface area (TPSA) is 46.2 Å². The molecule has 0 fully saturated rings. The maximum absolute atomic E-state index is 13.3. The van der Waals surface area contributed by atoms with Gasteiger partial charge in [0.1, 0.15) is 5.82 Å². The quantitative estimate of drug-likeness (QED) is 0.700. The summed E-state index contributed by atoms with van der Waals surface area (Å²) >= 11 is 0. The third kappa shape index (κ3) is 3.79. The molecule has 0 aliphatic carbocycles. The van der Waals surface area contributed by atoms with Gasteiger partial charge < -0.3 is 10.8 Å². The molecule has 3 heteroatoms. The predicted octanol–water partition coefficient (Wildman–Crippen LogP) is 2.98. The molecule has 0 saturated heterocycles. The van der Waals surface area contributed by atoms with Crippen LogP contribution in [-0.4, -0.2) is 18.3 Å². The van der Waals surface area contributed by atoms with Crippen molar-refractivity contribution in [3.8, 4) is 0 Å². The van der Waals surface area contributed by atoms with Crippen LogP contribution < -0.4 is 5.73 Å². The van der Waals surface area contributed by atoms with Crippen molar-refractivity contribution in [1.82, 2.24) is 0 Å². The van der Waals surface area contributed by atoms with Gasteiger partial charge in [-0.25, -0.2) is 4.39 Å². The van der Waals surface area contributed by atoms with Crippen molar-refractivity contribution in [3.63, 3.8) is 0 Å². The van der Waals surface area contributed by atoms with Crippen LogP contribution in [0.15, 0.2) is 24.3 Å². The lowest BCUT2D eigenvalue weighted by atomic mass is 9.77. The lowest BCUT2D eigenvalue weighted by Crippen LogP contribution is -2.39. The van der Waals surface area contributed by atoms with Crippen LogP contribution in [0.25, 0.3) is 0 Å². The first-order chi connectivity index (χ1) is 8.68. The van der Waals surface area contributed by atoms with E-state index in [4.69, 9.17) is 5.73 Å². The van der Waals surface area contributed by atoms with Gasteiger partial charge in [0.25, 0.3) is 0 Å². The van der Waals surface area contributed by atoms with Crippen LogP contribution in [0.2, 0.25) is 0 Å². The second-order valence-corrected chi connectivity index (χ2v) is 4.96. The molecule has 1 aromatic rings. The molecule has 18 heavy (non-hydrogen) atoms. The SMILES string of the molecule is CCCCCCC(CN)(CO)c1cccc(F)c1. The first-order valence-electron chi connectivity index (χ1n) is 6.75. The molecule has 0 aromatic heterocycles. The summed E-state index contributed by atoms with van der Waals surface area (Å²) in [4.78, 5) is 0. The summed E-state index contributed by atoms with van der Waals surface area (Å²) in [5.41, 5.74) is 6.15. The van der Waals surface area contributed by atoms with Crippen LogP contribution in [0.3, 0.4) is 0 Å². The van der Waals surface area contributed by atoms with Crippen molar-refractivity contribution in [2.24, 2.45) is 5.73 Å². The fraction of sp³-hybridized carbons (Fsp3) is 0.600. The largest absolute Gasteiger partial charge is 0.395 e. The summed E-state index contributed by atoms with van der Waals surface area (Å²) < 4.78 is 13.3. The van der Waals surface area contributed by atoms with Crippen molar-refractivity contribution in [1.29, 1.82) is 0 Å². The molecule has 1 unspecified atom stereocenters. The minimum Gasteiger partial charge on any atom is -0.395 e. The Bertz CT molecular complexity index is 350. The highest BCUT2D eigenvalue weighted by atomic mass is 19.1. The number of hydrogen-bond donors (Lipinski definition) is 2. The Hall–Kier alpha value is -0.930. The molecule has 0 amide bonds. The zero-order valence-electron chi connectivity index (χ0n) is 11.2. The molecule has 0 radical (unpaired) electrons. The molecule has 0 heterocycles. The second kappa shape index (κ2) is 7.49. The third-order valence-corrected chi connectivity index (χ3v) is 3.64. The van der Waals surface area contributed by atoms with Gasteiger partial charge in [-0.1, -0.05) is 44.7 Å². The first kappa shape index (κ1) is 15.1. The molecule has 0 aliphatic heterocycles. The van der Waals surface area contributed by atoms with E-state index < -0.39 is 5.41 Å². The third-order valence-electron chi connectivity index (χ3n) is 3.64. The van der Waals surface area contributed by atoms with Gasteiger partial charge in [-0.2, -0.15) is 0 Å². The molecule has 0 aliphatic rings. The number of rotatable bonds is 8. The van der Waals surface area contributed by atoms with Crippen LogP contribution in [0.1, 0.15) is 44.6 Å². The van der Waals surface area contributed by atoms with E-state index in [-0.39, 0.29) is 12.4 Å². The number of aliphatic hydroxyl groups excluding tert-OH is 1. The van der Waals surface area contributed by atoms with Gasteiger partial charge in [0, 0.05) is 12.0 Å². The number of benzene rings is 1. The van der Waals surface area contributed by atoms with Crippen molar-refractivity contribution >= 4 is 0 Å². The Morgan fingerprint density at radius 1 is 1.28 bits per heavy atom. The molecule has 3 N–H and O–H groups in total. The Morgan fingerprint density at radius 3 is 2.61 bits per heavy atom. The molecule has 1 atom stereocenters. The Labute approximate surface area is 109 Å². The number of hydrogen-bond acceptors (Lipinski definition) is 2. The zero-order valence-corrected chi connectivity index (χ0v) is 11.2. The average molecular weight is 253 g/mol. The van der Waals surface area contributed by atoms with Crippen LogP contribution >= 0.6 is 0 Å². The van der Waals surface area contributed by atoms with E-state index >= 15 is 0 Å². The Kier molecular flexibility index (Phi) is 6.30. The first-order valence-corrected chi connectivity index (χ1v) is 6.75. The van der Waals surface area contributed by atoms with Crippen LogP contribution in [0, 0.1) is 5.82 Å². The van der Waals surface area contributed by atoms with Gasteiger partial charge in [-0.3, -0.25) is 0 Å². The lowest BCUT2D eigenvalue weighted by Gasteiger charge is -2.31. The molecule has 1 aromatic carbocycles. The molecule has 102 valence electrons. The maximum Gasteiger partial charge on any atom is 0.123 e. The highest BCUT2D eigenvalue weighted by Crippen LogP contribution is 2.29. The van der Waals surface area contributed by atoms with E-state index in [2.05, 4.69) is 6.92 Å². The number of unbranched alkanes of at least 4 members (excludes halogenated alkanes) is 3. The van der Waals surface area contributed by atoms with E-state index in [1.165, 1.54) is 25.0 Å². The number of nitrogens with two attached hydrogens (primary N) is 1. The fourth-order valence-corrected chi connectivity index (χ4v) is 2.31. The van der Waals surface area contributed by atoms with Gasteiger partial charge in [0.2, 0.25) is 0 Å². The summed E-state index contributed by atoms with van der Waals surface area (Å²) in [5.74, 6) is -0.271. The van der Waals surface area contributed by atoms with Gasteiger partial charge in [0.15, 0.2) is 0 Å². The standard InChI is InChI=1S/C15H24FNO/c1-2-3-4-5-9-15(11-17,12-18)13-7-6-8-14(16)10-13/h6-8,10,18H,2-5,9,11-12,17H2,1H3. The highest BCUT2D eigenvalue weighted by molar-refractivity contribution is 5.27. The van der Waals surface area contributed by atoms with Crippen molar-refractivity contribution < 1.29 is 9.50 Å². The summed E-state index contributed by atoms with van der Waals surface area (Å²) in [6.07, 6.45) is 5.32. The van der Waals surface area contributed by atoms with Crippen molar-refractivity contribution in [2.75, 3.05) is 13.2 Å². The predicted molar refractivity (Wildman–Crippen MR) is 73.0 cm³/mol. The molecule has 1 rings (SSSR count). The van der Waals surface area contributed by atoms with E-state index in [9.17, 15) is 9.50 Å². The zero-order chi connectivity index (χ0) is 13.4. The minimum absolute atomic E-state index is 0.0287. The molecule has 0 spiro atoms. The molecule has 2 nitrogen and oxygen atoms in total. The van der Waals surface area contributed by atoms with E-state index in [1.54, 1.807) is 6.07 Å². The maximum atomic E-state index is 13.3. The molecular weight excluding hydrogens is 229 g/mol. The van der Waals surface area contributed by atoms with Gasteiger partial charge in [0.05, 0.1) is 6.61 Å². The van der Waals surface area contributed by atoms with Gasteiger partial charge in [-0.05, 0) is 24.1 Å². The van der Waals surface area contributed by atoms with Crippen molar-refractivity contribution in [3.05, 3.63) is 35.6 Å². The number of aliphatic hydroxyl groups is 1. The summed E-state index contributed by atoms with van der Waals surface area (Å²) in [6, 6.07) is 6.44. The lowest BCUT2D eigenvalue weighted by molar-refractivity contribution is 0.184. The molecular formula is C15H24FNO. The van der Waals surface area contributed by atoms with Crippen LogP contribution in [0.4, 0.5) is 4.39 Å². The van der Waals surface area contributed by atoms with Crippen LogP contribution in [-0.2, 0) is 5.41 Å². The van der Waals surface area contributed by atoms with Gasteiger partial charge in [-0.15, -0.1) is 0 Å². The normalized spacial score (nSPS) is 14.4. The Morgan fingerprint density at radius 2 is 2.06 bits per heavy atom. The van der Waals surface area contributed by atoms with Crippen LogP contribution in [0.5, 0.6) is 0 Å². The highest BCUT2D eigenvalue weighted by Gasteiger charge is 2.29. The van der Waals surface area contributed by atoms with E-state index in [0.29, 0.717) is 6.54 Å². The summed E-state index contributed by atoms with van der Waals surface area (Å²) in [5, 5.41) is 9.67. The number of halogens is 1. The summed E-state index contributed by atoms with van der Waals surface area (Å²) in [7, 11) is 0. The average Bonchev–Trinajstić information content (AvgIpc) is 2.40. The van der Waals surface area contributed by atoms with E-state index in [0.717, 1.165) is 24.8 Å². The van der Waals surface area contributed by atoms with Gasteiger partial charge >= 0.3 is 0 Å². The van der Waals surface area contributed by atoms with E-state index in [1.807, 2.05) is 6.07 Å². The van der Waals surface area contributed by atoms with Crippen molar-refractivity contribution in [2.45, 2.75) is 44.4 Å². The second-order valence-electron chi connectivity index (χ2n) is 4.96. The summed E-state index contributed by atoms with van der Waals surface area (Å²) in [6.45, 7) is 2.48. The monoisotopic (exact) mass is 253 g/mol. The minimum atomic E-state index is -0.490. The molecule has 0 bridgehead atoms. The fourth-order valence-electron chi connectivity index (χ4n) is 2.31. The molecule has 0 saturated carbocycles.